The molecule has 10 heteroatoms. The van der Waals surface area contributed by atoms with Gasteiger partial charge >= 0.3 is 0 Å². The molecule has 3 aromatic rings. The summed E-state index contributed by atoms with van der Waals surface area (Å²) >= 11 is 1.40. The van der Waals surface area contributed by atoms with E-state index >= 15 is 0 Å². The number of carbonyl (C=O) groups excluding carboxylic acids is 1. The van der Waals surface area contributed by atoms with Crippen molar-refractivity contribution in [2.45, 2.75) is 32.2 Å². The number of hydrogen-bond acceptors (Lipinski definition) is 5. The Balaban J connectivity index is 2.06. The molecule has 0 atom stereocenters. The van der Waals surface area contributed by atoms with Gasteiger partial charge in [0.05, 0.1) is 27.7 Å². The molecule has 0 unspecified atom stereocenters. The molecule has 0 saturated carbocycles. The number of halogens is 2. The number of thiazole rings is 1. The molecule has 0 aliphatic carbocycles. The fourth-order valence-corrected chi connectivity index (χ4v) is 5.32. The van der Waals surface area contributed by atoms with Crippen molar-refractivity contribution in [2.24, 2.45) is 0 Å². The maximum atomic E-state index is 14.7. The summed E-state index contributed by atoms with van der Waals surface area (Å²) in [4.78, 5) is 18.8. The summed E-state index contributed by atoms with van der Waals surface area (Å²) in [6.07, 6.45) is 0. The maximum Gasteiger partial charge on any atom is 0.261 e. The van der Waals surface area contributed by atoms with Crippen LogP contribution in [0.25, 0.3) is 0 Å². The molecule has 0 radical (unpaired) electrons. The molecule has 1 heterocycles. The van der Waals surface area contributed by atoms with E-state index in [1.54, 1.807) is 19.2 Å². The molecule has 3 rings (SSSR count). The summed E-state index contributed by atoms with van der Waals surface area (Å²) in [5.41, 5.74) is 0.519. The van der Waals surface area contributed by atoms with E-state index in [0.29, 0.717) is 11.4 Å². The second-order valence-corrected chi connectivity index (χ2v) is 9.96. The number of benzene rings is 2. The van der Waals surface area contributed by atoms with Gasteiger partial charge in [-0.05, 0) is 49.4 Å². The first kappa shape index (κ1) is 24.0. The molecule has 1 amide bonds. The number of hydrogen-bond donors (Lipinski definition) is 0. The van der Waals surface area contributed by atoms with Gasteiger partial charge in [0.25, 0.3) is 5.91 Å². The zero-order valence-electron chi connectivity index (χ0n) is 17.9. The number of amides is 1. The van der Waals surface area contributed by atoms with Crippen LogP contribution < -0.4 is 4.90 Å². The predicted molar refractivity (Wildman–Crippen MR) is 120 cm³/mol. The minimum atomic E-state index is -3.89. The molecule has 0 N–H and O–H groups in total. The van der Waals surface area contributed by atoms with Gasteiger partial charge in [-0.3, -0.25) is 4.79 Å². The SMILES string of the molecule is CCN(CC)S(=O)(=O)c1ccc(F)c(C(=O)N(Cc2csc(C)n2)c2ccc(F)cc2)c1. The first-order valence-electron chi connectivity index (χ1n) is 9.95. The monoisotopic (exact) mass is 479 g/mol. The topological polar surface area (TPSA) is 70.6 Å². The Labute approximate surface area is 190 Å². The van der Waals surface area contributed by atoms with Crippen LogP contribution in [0.4, 0.5) is 14.5 Å². The predicted octanol–water partition coefficient (Wildman–Crippen LogP) is 4.61. The van der Waals surface area contributed by atoms with E-state index in [1.807, 2.05) is 6.92 Å². The second-order valence-electron chi connectivity index (χ2n) is 6.96. The van der Waals surface area contributed by atoms with Crippen LogP contribution in [0.2, 0.25) is 0 Å². The number of aromatic nitrogens is 1. The van der Waals surface area contributed by atoms with Gasteiger partial charge in [-0.1, -0.05) is 13.8 Å². The lowest BCUT2D eigenvalue weighted by Gasteiger charge is -2.23. The van der Waals surface area contributed by atoms with E-state index in [-0.39, 0.29) is 24.5 Å². The number of aryl methyl sites for hydroxylation is 1. The van der Waals surface area contributed by atoms with Gasteiger partial charge in [0.2, 0.25) is 10.0 Å². The van der Waals surface area contributed by atoms with Gasteiger partial charge in [0.15, 0.2) is 0 Å². The van der Waals surface area contributed by atoms with Crippen LogP contribution in [-0.2, 0) is 16.6 Å². The lowest BCUT2D eigenvalue weighted by Crippen LogP contribution is -2.33. The van der Waals surface area contributed by atoms with E-state index in [1.165, 1.54) is 44.8 Å². The standard InChI is InChI=1S/C22H23F2N3O3S2/c1-4-26(5-2)32(29,30)19-10-11-21(24)20(12-19)22(28)27(13-17-14-31-15(3)25-17)18-8-6-16(23)7-9-18/h6-12,14H,4-5,13H2,1-3H3. The summed E-state index contributed by atoms with van der Waals surface area (Å²) in [5.74, 6) is -2.09. The first-order valence-corrected chi connectivity index (χ1v) is 12.3. The van der Waals surface area contributed by atoms with Gasteiger partial charge < -0.3 is 4.90 Å². The zero-order chi connectivity index (χ0) is 23.5. The van der Waals surface area contributed by atoms with Crippen molar-refractivity contribution >= 4 is 33.0 Å². The van der Waals surface area contributed by atoms with Gasteiger partial charge in [-0.2, -0.15) is 4.31 Å². The van der Waals surface area contributed by atoms with Crippen LogP contribution in [0.1, 0.15) is 34.9 Å². The number of carbonyl (C=O) groups is 1. The number of rotatable bonds is 8. The molecule has 170 valence electrons. The van der Waals surface area contributed by atoms with Crippen LogP contribution in [0.15, 0.2) is 52.7 Å². The summed E-state index contributed by atoms with van der Waals surface area (Å²) < 4.78 is 55.2. The highest BCUT2D eigenvalue weighted by molar-refractivity contribution is 7.89. The Morgan fingerprint density at radius 1 is 1.06 bits per heavy atom. The van der Waals surface area contributed by atoms with Crippen molar-refractivity contribution in [1.82, 2.24) is 9.29 Å². The fraction of sp³-hybridized carbons (Fsp3) is 0.273. The highest BCUT2D eigenvalue weighted by atomic mass is 32.2. The molecule has 0 spiro atoms. The minimum absolute atomic E-state index is 0.0151. The molecule has 0 aliphatic heterocycles. The first-order chi connectivity index (χ1) is 15.2. The van der Waals surface area contributed by atoms with Crippen LogP contribution in [-0.4, -0.2) is 36.7 Å². The van der Waals surface area contributed by atoms with E-state index in [2.05, 4.69) is 4.98 Å². The molecule has 0 fully saturated rings. The Morgan fingerprint density at radius 2 is 1.72 bits per heavy atom. The minimum Gasteiger partial charge on any atom is -0.302 e. The Bertz CT molecular complexity index is 1210. The molecule has 6 nitrogen and oxygen atoms in total. The average molecular weight is 480 g/mol. The highest BCUT2D eigenvalue weighted by Crippen LogP contribution is 2.25. The van der Waals surface area contributed by atoms with E-state index < -0.39 is 33.1 Å². The smallest absolute Gasteiger partial charge is 0.261 e. The fourth-order valence-electron chi connectivity index (χ4n) is 3.23. The van der Waals surface area contributed by atoms with E-state index in [0.717, 1.165) is 23.2 Å². The quantitative estimate of drug-likeness (QED) is 0.473. The average Bonchev–Trinajstić information content (AvgIpc) is 3.18. The summed E-state index contributed by atoms with van der Waals surface area (Å²) in [5, 5.41) is 2.57. The molecule has 0 aliphatic rings. The lowest BCUT2D eigenvalue weighted by atomic mass is 10.1. The van der Waals surface area contributed by atoms with Crippen molar-refractivity contribution in [2.75, 3.05) is 18.0 Å². The van der Waals surface area contributed by atoms with Crippen LogP contribution in [0, 0.1) is 18.6 Å². The van der Waals surface area contributed by atoms with Gasteiger partial charge in [0, 0.05) is 24.2 Å². The van der Waals surface area contributed by atoms with E-state index in [9.17, 15) is 22.0 Å². The molecule has 1 aromatic heterocycles. The summed E-state index contributed by atoms with van der Waals surface area (Å²) in [6, 6.07) is 8.36. The third kappa shape index (κ3) is 5.03. The zero-order valence-corrected chi connectivity index (χ0v) is 19.5. The molecule has 0 bridgehead atoms. The van der Waals surface area contributed by atoms with Crippen molar-refractivity contribution in [3.63, 3.8) is 0 Å². The number of sulfonamides is 1. The largest absolute Gasteiger partial charge is 0.302 e. The molecule has 2 aromatic carbocycles. The van der Waals surface area contributed by atoms with Crippen molar-refractivity contribution in [1.29, 1.82) is 0 Å². The highest BCUT2D eigenvalue weighted by Gasteiger charge is 2.27. The molecule has 0 saturated heterocycles. The van der Waals surface area contributed by atoms with Gasteiger partial charge in [-0.15, -0.1) is 11.3 Å². The Kier molecular flexibility index (Phi) is 7.37. The van der Waals surface area contributed by atoms with Crippen molar-refractivity contribution in [3.05, 3.63) is 75.7 Å². The molecule has 32 heavy (non-hydrogen) atoms. The third-order valence-corrected chi connectivity index (χ3v) is 7.75. The van der Waals surface area contributed by atoms with Crippen LogP contribution in [0.5, 0.6) is 0 Å². The maximum absolute atomic E-state index is 14.7. The van der Waals surface area contributed by atoms with Crippen LogP contribution >= 0.6 is 11.3 Å². The van der Waals surface area contributed by atoms with Crippen LogP contribution in [0.3, 0.4) is 0 Å². The number of nitrogens with zero attached hydrogens (tertiary/aromatic N) is 3. The van der Waals surface area contributed by atoms with Gasteiger partial charge in [-0.25, -0.2) is 22.2 Å². The molecular formula is C22H23F2N3O3S2. The Morgan fingerprint density at radius 3 is 2.28 bits per heavy atom. The summed E-state index contributed by atoms with van der Waals surface area (Å²) in [6.45, 7) is 5.71. The van der Waals surface area contributed by atoms with E-state index in [4.69, 9.17) is 0 Å². The second kappa shape index (κ2) is 9.85. The summed E-state index contributed by atoms with van der Waals surface area (Å²) in [7, 11) is -3.89. The normalized spacial score (nSPS) is 11.7. The van der Waals surface area contributed by atoms with Crippen molar-refractivity contribution in [3.8, 4) is 0 Å². The lowest BCUT2D eigenvalue weighted by molar-refractivity contribution is 0.0980. The van der Waals surface area contributed by atoms with Crippen molar-refractivity contribution < 1.29 is 22.0 Å². The van der Waals surface area contributed by atoms with Gasteiger partial charge in [0.1, 0.15) is 11.6 Å². The molecular weight excluding hydrogens is 456 g/mol. The number of anilines is 1. The third-order valence-electron chi connectivity index (χ3n) is 4.88. The Hall–Kier alpha value is -2.69.